The average Bonchev–Trinajstić information content (AvgIpc) is 2.48. The van der Waals surface area contributed by atoms with Crippen LogP contribution in [-0.4, -0.2) is 21.9 Å². The van der Waals surface area contributed by atoms with E-state index >= 15 is 0 Å². The molecule has 20 heavy (non-hydrogen) atoms. The van der Waals surface area contributed by atoms with Crippen LogP contribution in [0.2, 0.25) is 0 Å². The van der Waals surface area contributed by atoms with Gasteiger partial charge in [-0.15, -0.1) is 0 Å². The molecule has 1 amide bonds. The van der Waals surface area contributed by atoms with Crippen LogP contribution in [0, 0.1) is 0 Å². The number of aryl methyl sites for hydroxylation is 1. The summed E-state index contributed by atoms with van der Waals surface area (Å²) >= 11 is 0. The van der Waals surface area contributed by atoms with Gasteiger partial charge >= 0.3 is 0 Å². The van der Waals surface area contributed by atoms with Gasteiger partial charge in [-0.3, -0.25) is 9.59 Å². The molecule has 4 heteroatoms. The van der Waals surface area contributed by atoms with E-state index in [0.29, 0.717) is 13.1 Å². The van der Waals surface area contributed by atoms with E-state index in [4.69, 9.17) is 0 Å². The van der Waals surface area contributed by atoms with Crippen molar-refractivity contribution in [2.24, 2.45) is 7.05 Å². The third-order valence-corrected chi connectivity index (χ3v) is 3.24. The van der Waals surface area contributed by atoms with Gasteiger partial charge in [0.05, 0.1) is 0 Å². The highest BCUT2D eigenvalue weighted by Crippen LogP contribution is 2.07. The second kappa shape index (κ2) is 6.19. The summed E-state index contributed by atoms with van der Waals surface area (Å²) < 4.78 is 1.42. The molecule has 0 aliphatic heterocycles. The van der Waals surface area contributed by atoms with Crippen LogP contribution in [0.1, 0.15) is 22.8 Å². The average molecular weight is 270 g/mol. The van der Waals surface area contributed by atoms with Gasteiger partial charge in [0.2, 0.25) is 0 Å². The van der Waals surface area contributed by atoms with Crippen LogP contribution in [0.5, 0.6) is 0 Å². The molecule has 4 nitrogen and oxygen atoms in total. The molecule has 1 heterocycles. The van der Waals surface area contributed by atoms with Crippen molar-refractivity contribution >= 4 is 5.91 Å². The van der Waals surface area contributed by atoms with E-state index in [1.807, 2.05) is 37.3 Å². The number of pyridine rings is 1. The molecule has 104 valence electrons. The molecule has 0 bridgehead atoms. The highest BCUT2D eigenvalue weighted by molar-refractivity contribution is 5.93. The van der Waals surface area contributed by atoms with E-state index in [2.05, 4.69) is 0 Å². The summed E-state index contributed by atoms with van der Waals surface area (Å²) in [4.78, 5) is 26.1. The molecule has 0 saturated carbocycles. The Balaban J connectivity index is 2.26. The summed E-state index contributed by atoms with van der Waals surface area (Å²) in [6, 6.07) is 13.1. The molecule has 1 aromatic carbocycles. The number of hydrogen-bond donors (Lipinski definition) is 0. The van der Waals surface area contributed by atoms with E-state index in [1.54, 1.807) is 30.3 Å². The quantitative estimate of drug-likeness (QED) is 0.853. The molecule has 0 N–H and O–H groups in total. The largest absolute Gasteiger partial charge is 0.334 e. The van der Waals surface area contributed by atoms with Crippen molar-refractivity contribution in [3.8, 4) is 0 Å². The first-order chi connectivity index (χ1) is 9.63. The maximum Gasteiger partial charge on any atom is 0.263 e. The van der Waals surface area contributed by atoms with Crippen LogP contribution in [0.15, 0.2) is 53.5 Å². The van der Waals surface area contributed by atoms with E-state index < -0.39 is 0 Å². The second-order valence-electron chi connectivity index (χ2n) is 4.64. The van der Waals surface area contributed by atoms with Crippen molar-refractivity contribution < 1.29 is 4.79 Å². The first-order valence-corrected chi connectivity index (χ1v) is 6.62. The van der Waals surface area contributed by atoms with Gasteiger partial charge in [-0.05, 0) is 24.6 Å². The van der Waals surface area contributed by atoms with Crippen LogP contribution < -0.4 is 5.56 Å². The van der Waals surface area contributed by atoms with Gasteiger partial charge in [-0.25, -0.2) is 0 Å². The Kier molecular flexibility index (Phi) is 4.35. The fraction of sp³-hybridized carbons (Fsp3) is 0.250. The monoisotopic (exact) mass is 270 g/mol. The zero-order valence-corrected chi connectivity index (χ0v) is 11.7. The lowest BCUT2D eigenvalue weighted by Gasteiger charge is -2.21. The molecule has 0 aliphatic carbocycles. The molecule has 0 unspecified atom stereocenters. The number of rotatable bonds is 4. The topological polar surface area (TPSA) is 42.3 Å². The van der Waals surface area contributed by atoms with Crippen molar-refractivity contribution in [1.29, 1.82) is 0 Å². The Hall–Kier alpha value is -2.36. The standard InChI is InChI=1S/C16H18N2O2/c1-3-18(12-13-8-5-4-6-9-13)16(20)14-10-7-11-17(2)15(14)19/h4-11H,3,12H2,1-2H3. The Morgan fingerprint density at radius 1 is 1.15 bits per heavy atom. The molecule has 0 atom stereocenters. The van der Waals surface area contributed by atoms with Gasteiger partial charge in [0.1, 0.15) is 5.56 Å². The maximum atomic E-state index is 12.5. The minimum Gasteiger partial charge on any atom is -0.334 e. The van der Waals surface area contributed by atoms with Gasteiger partial charge in [0.15, 0.2) is 0 Å². The summed E-state index contributed by atoms with van der Waals surface area (Å²) in [5.74, 6) is -0.224. The molecular formula is C16H18N2O2. The maximum absolute atomic E-state index is 12.5. The van der Waals surface area contributed by atoms with E-state index in [0.717, 1.165) is 5.56 Å². The molecule has 2 aromatic rings. The zero-order chi connectivity index (χ0) is 14.5. The molecule has 2 rings (SSSR count). The number of amides is 1. The summed E-state index contributed by atoms with van der Waals surface area (Å²) in [6.07, 6.45) is 1.65. The smallest absolute Gasteiger partial charge is 0.263 e. The molecule has 0 spiro atoms. The molecular weight excluding hydrogens is 252 g/mol. The predicted molar refractivity (Wildman–Crippen MR) is 78.5 cm³/mol. The van der Waals surface area contributed by atoms with Crippen molar-refractivity contribution in [2.75, 3.05) is 6.54 Å². The van der Waals surface area contributed by atoms with E-state index in [1.165, 1.54) is 4.57 Å². The lowest BCUT2D eigenvalue weighted by molar-refractivity contribution is 0.0750. The summed E-state index contributed by atoms with van der Waals surface area (Å²) in [6.45, 7) is 2.98. The molecule has 0 radical (unpaired) electrons. The Labute approximate surface area is 118 Å². The van der Waals surface area contributed by atoms with Gasteiger partial charge in [0.25, 0.3) is 11.5 Å². The summed E-state index contributed by atoms with van der Waals surface area (Å²) in [7, 11) is 1.65. The predicted octanol–water partition coefficient (Wildman–Crippen LogP) is 2.05. The van der Waals surface area contributed by atoms with Gasteiger partial charge in [-0.1, -0.05) is 30.3 Å². The lowest BCUT2D eigenvalue weighted by Crippen LogP contribution is -2.35. The Bertz CT molecular complexity index is 647. The third-order valence-electron chi connectivity index (χ3n) is 3.24. The van der Waals surface area contributed by atoms with Crippen molar-refractivity contribution in [1.82, 2.24) is 9.47 Å². The number of benzene rings is 1. The fourth-order valence-electron chi connectivity index (χ4n) is 2.06. The van der Waals surface area contributed by atoms with Crippen LogP contribution in [-0.2, 0) is 13.6 Å². The molecule has 1 aromatic heterocycles. The fourth-order valence-corrected chi connectivity index (χ4v) is 2.06. The molecule has 0 fully saturated rings. The zero-order valence-electron chi connectivity index (χ0n) is 11.7. The summed E-state index contributed by atoms with van der Waals surface area (Å²) in [5, 5.41) is 0. The summed E-state index contributed by atoms with van der Waals surface area (Å²) in [5.41, 5.74) is 1.01. The van der Waals surface area contributed by atoms with Gasteiger partial charge in [-0.2, -0.15) is 0 Å². The number of carbonyl (C=O) groups is 1. The van der Waals surface area contributed by atoms with Gasteiger partial charge < -0.3 is 9.47 Å². The second-order valence-corrected chi connectivity index (χ2v) is 4.64. The lowest BCUT2D eigenvalue weighted by atomic mass is 10.2. The normalized spacial score (nSPS) is 10.3. The number of nitrogens with zero attached hydrogens (tertiary/aromatic N) is 2. The van der Waals surface area contributed by atoms with Crippen molar-refractivity contribution in [2.45, 2.75) is 13.5 Å². The Morgan fingerprint density at radius 3 is 2.50 bits per heavy atom. The van der Waals surface area contributed by atoms with Gasteiger partial charge in [0, 0.05) is 26.3 Å². The number of carbonyl (C=O) groups excluding carboxylic acids is 1. The first-order valence-electron chi connectivity index (χ1n) is 6.62. The Morgan fingerprint density at radius 2 is 1.85 bits per heavy atom. The van der Waals surface area contributed by atoms with Crippen molar-refractivity contribution in [3.63, 3.8) is 0 Å². The first kappa shape index (κ1) is 14.1. The van der Waals surface area contributed by atoms with Crippen LogP contribution >= 0.6 is 0 Å². The molecule has 0 saturated heterocycles. The molecule has 0 aliphatic rings. The number of aromatic nitrogens is 1. The SMILES string of the molecule is CCN(Cc1ccccc1)C(=O)c1cccn(C)c1=O. The highest BCUT2D eigenvalue weighted by Gasteiger charge is 2.17. The highest BCUT2D eigenvalue weighted by atomic mass is 16.2. The van der Waals surface area contributed by atoms with Crippen molar-refractivity contribution in [3.05, 3.63) is 70.1 Å². The minimum atomic E-state index is -0.260. The van der Waals surface area contributed by atoms with E-state index in [9.17, 15) is 9.59 Å². The minimum absolute atomic E-state index is 0.216. The van der Waals surface area contributed by atoms with Crippen LogP contribution in [0.25, 0.3) is 0 Å². The third kappa shape index (κ3) is 2.96. The van der Waals surface area contributed by atoms with Crippen LogP contribution in [0.4, 0.5) is 0 Å². The number of hydrogen-bond acceptors (Lipinski definition) is 2. The van der Waals surface area contributed by atoms with Crippen LogP contribution in [0.3, 0.4) is 0 Å². The van der Waals surface area contributed by atoms with E-state index in [-0.39, 0.29) is 17.0 Å².